The second-order valence-electron chi connectivity index (χ2n) is 7.04. The van der Waals surface area contributed by atoms with Crippen LogP contribution < -0.4 is 10.6 Å². The molecule has 1 saturated carbocycles. The Kier molecular flexibility index (Phi) is 5.30. The predicted molar refractivity (Wildman–Crippen MR) is 110 cm³/mol. The normalized spacial score (nSPS) is 13.8. The molecule has 6 heteroatoms. The summed E-state index contributed by atoms with van der Waals surface area (Å²) >= 11 is 0. The molecule has 0 saturated heterocycles. The summed E-state index contributed by atoms with van der Waals surface area (Å²) in [4.78, 5) is 16.5. The zero-order valence-corrected chi connectivity index (χ0v) is 15.8. The number of aryl methyl sites for hydroxylation is 1. The summed E-state index contributed by atoms with van der Waals surface area (Å²) in [5.41, 5.74) is 4.84. The van der Waals surface area contributed by atoms with Crippen LogP contribution in [0.2, 0.25) is 0 Å². The fourth-order valence-corrected chi connectivity index (χ4v) is 2.97. The van der Waals surface area contributed by atoms with Crippen LogP contribution in [0.3, 0.4) is 0 Å². The van der Waals surface area contributed by atoms with Crippen molar-refractivity contribution in [2.75, 3.05) is 5.32 Å². The number of anilines is 1. The van der Waals surface area contributed by atoms with E-state index in [2.05, 4.69) is 20.7 Å². The molecule has 0 unspecified atom stereocenters. The van der Waals surface area contributed by atoms with E-state index in [0.29, 0.717) is 6.04 Å². The quantitative estimate of drug-likeness (QED) is 0.623. The molecular formula is C22H23N5O. The second-order valence-corrected chi connectivity index (χ2v) is 7.04. The molecule has 0 atom stereocenters. The topological polar surface area (TPSA) is 71.8 Å². The van der Waals surface area contributed by atoms with Crippen molar-refractivity contribution < 1.29 is 4.79 Å². The van der Waals surface area contributed by atoms with Gasteiger partial charge >= 0.3 is 0 Å². The van der Waals surface area contributed by atoms with Crippen molar-refractivity contribution in [3.8, 4) is 11.1 Å². The zero-order chi connectivity index (χ0) is 19.3. The summed E-state index contributed by atoms with van der Waals surface area (Å²) in [7, 11) is 1.88. The van der Waals surface area contributed by atoms with E-state index in [-0.39, 0.29) is 5.91 Å². The van der Waals surface area contributed by atoms with Crippen molar-refractivity contribution in [1.29, 1.82) is 0 Å². The van der Waals surface area contributed by atoms with Crippen molar-refractivity contribution in [3.63, 3.8) is 0 Å². The van der Waals surface area contributed by atoms with E-state index in [0.717, 1.165) is 28.9 Å². The van der Waals surface area contributed by atoms with E-state index in [1.807, 2.05) is 43.6 Å². The third-order valence-electron chi connectivity index (χ3n) is 4.68. The average molecular weight is 373 g/mol. The highest BCUT2D eigenvalue weighted by Gasteiger charge is 2.19. The van der Waals surface area contributed by atoms with Crippen molar-refractivity contribution in [2.24, 2.45) is 7.05 Å². The van der Waals surface area contributed by atoms with E-state index in [9.17, 15) is 4.79 Å². The third-order valence-corrected chi connectivity index (χ3v) is 4.68. The van der Waals surface area contributed by atoms with Gasteiger partial charge in [0.2, 0.25) is 5.91 Å². The molecule has 1 fully saturated rings. The van der Waals surface area contributed by atoms with Gasteiger partial charge in [-0.15, -0.1) is 0 Å². The van der Waals surface area contributed by atoms with Crippen LogP contribution in [0.5, 0.6) is 0 Å². The molecule has 2 heterocycles. The first kappa shape index (κ1) is 18.1. The number of carbonyl (C=O) groups excluding carboxylic acids is 1. The van der Waals surface area contributed by atoms with Gasteiger partial charge in [0.15, 0.2) is 0 Å². The summed E-state index contributed by atoms with van der Waals surface area (Å²) in [5.74, 6) is -0.176. The molecule has 1 aromatic carbocycles. The maximum atomic E-state index is 12.3. The van der Waals surface area contributed by atoms with Crippen LogP contribution in [0.4, 0.5) is 5.69 Å². The molecule has 2 aromatic heterocycles. The van der Waals surface area contributed by atoms with Gasteiger partial charge in [0.25, 0.3) is 0 Å². The molecule has 1 aliphatic rings. The minimum absolute atomic E-state index is 0.176. The van der Waals surface area contributed by atoms with Crippen LogP contribution in [0.25, 0.3) is 17.2 Å². The van der Waals surface area contributed by atoms with Gasteiger partial charge in [-0.05, 0) is 48.2 Å². The molecule has 0 bridgehead atoms. The summed E-state index contributed by atoms with van der Waals surface area (Å²) in [6.07, 6.45) is 13.1. The fraction of sp³-hybridized carbons (Fsp3) is 0.227. The van der Waals surface area contributed by atoms with Gasteiger partial charge in [-0.3, -0.25) is 14.5 Å². The molecule has 1 aliphatic carbocycles. The van der Waals surface area contributed by atoms with Gasteiger partial charge in [-0.2, -0.15) is 5.10 Å². The van der Waals surface area contributed by atoms with Gasteiger partial charge in [0, 0.05) is 61.1 Å². The number of amides is 1. The number of rotatable bonds is 7. The molecule has 3 aromatic rings. The Bertz CT molecular complexity index is 986. The number of pyridine rings is 1. The second kappa shape index (κ2) is 8.19. The number of benzene rings is 1. The van der Waals surface area contributed by atoms with E-state index < -0.39 is 0 Å². The Labute approximate surface area is 164 Å². The lowest BCUT2D eigenvalue weighted by atomic mass is 10.0. The lowest BCUT2D eigenvalue weighted by Crippen LogP contribution is -2.15. The van der Waals surface area contributed by atoms with Crippen molar-refractivity contribution in [1.82, 2.24) is 20.1 Å². The Morgan fingerprint density at radius 2 is 2.04 bits per heavy atom. The smallest absolute Gasteiger partial charge is 0.248 e. The zero-order valence-electron chi connectivity index (χ0n) is 15.8. The maximum absolute atomic E-state index is 12.3. The molecule has 28 heavy (non-hydrogen) atoms. The first-order valence-corrected chi connectivity index (χ1v) is 9.42. The van der Waals surface area contributed by atoms with Crippen LogP contribution in [0.1, 0.15) is 24.0 Å². The number of carbonyl (C=O) groups is 1. The van der Waals surface area contributed by atoms with Crippen molar-refractivity contribution >= 4 is 17.7 Å². The highest BCUT2D eigenvalue weighted by molar-refractivity contribution is 6.02. The number of nitrogens with zero attached hydrogens (tertiary/aromatic N) is 3. The highest BCUT2D eigenvalue weighted by Crippen LogP contribution is 2.23. The lowest BCUT2D eigenvalue weighted by molar-refractivity contribution is -0.111. The van der Waals surface area contributed by atoms with E-state index in [1.54, 1.807) is 29.3 Å². The number of hydrogen-bond donors (Lipinski definition) is 2. The van der Waals surface area contributed by atoms with Gasteiger partial charge in [-0.1, -0.05) is 12.1 Å². The van der Waals surface area contributed by atoms with Crippen LogP contribution >= 0.6 is 0 Å². The van der Waals surface area contributed by atoms with Crippen LogP contribution in [0, 0.1) is 0 Å². The largest absolute Gasteiger partial charge is 0.323 e. The molecule has 0 spiro atoms. The fourth-order valence-electron chi connectivity index (χ4n) is 2.97. The van der Waals surface area contributed by atoms with Crippen LogP contribution in [-0.2, 0) is 18.4 Å². The van der Waals surface area contributed by atoms with E-state index in [4.69, 9.17) is 0 Å². The molecule has 2 N–H and O–H groups in total. The molecule has 1 amide bonds. The highest BCUT2D eigenvalue weighted by atomic mass is 16.1. The predicted octanol–water partition coefficient (Wildman–Crippen LogP) is 3.39. The molecule has 6 nitrogen and oxygen atoms in total. The Hall–Kier alpha value is -3.25. The molecular weight excluding hydrogens is 350 g/mol. The molecule has 142 valence electrons. The van der Waals surface area contributed by atoms with Gasteiger partial charge in [-0.25, -0.2) is 0 Å². The summed E-state index contributed by atoms with van der Waals surface area (Å²) < 4.78 is 1.75. The van der Waals surface area contributed by atoms with Crippen molar-refractivity contribution in [3.05, 3.63) is 72.3 Å². The third kappa shape index (κ3) is 4.72. The Balaban J connectivity index is 1.39. The number of hydrogen-bond acceptors (Lipinski definition) is 4. The minimum Gasteiger partial charge on any atom is -0.323 e. The van der Waals surface area contributed by atoms with Gasteiger partial charge in [0.1, 0.15) is 0 Å². The summed E-state index contributed by atoms with van der Waals surface area (Å²) in [6.45, 7) is 0.872. The Morgan fingerprint density at radius 1 is 1.21 bits per heavy atom. The van der Waals surface area contributed by atoms with Gasteiger partial charge in [0.05, 0.1) is 6.20 Å². The minimum atomic E-state index is -0.176. The monoisotopic (exact) mass is 373 g/mol. The van der Waals surface area contributed by atoms with Gasteiger partial charge < -0.3 is 10.6 Å². The molecule has 0 aliphatic heterocycles. The summed E-state index contributed by atoms with van der Waals surface area (Å²) in [6, 6.07) is 10.5. The van der Waals surface area contributed by atoms with Crippen molar-refractivity contribution in [2.45, 2.75) is 25.4 Å². The lowest BCUT2D eigenvalue weighted by Gasteiger charge is -2.06. The van der Waals surface area contributed by atoms with E-state index >= 15 is 0 Å². The number of aromatic nitrogens is 3. The summed E-state index contributed by atoms with van der Waals surface area (Å²) in [5, 5.41) is 10.6. The number of nitrogens with one attached hydrogen (secondary N) is 2. The van der Waals surface area contributed by atoms with Crippen LogP contribution in [-0.4, -0.2) is 26.7 Å². The SMILES string of the molecule is Cn1cc(-c2ccncc2C=CC(=O)Nc2ccc(CNC3CC3)cc2)cn1. The molecule has 0 radical (unpaired) electrons. The maximum Gasteiger partial charge on any atom is 0.248 e. The standard InChI is InChI=1S/C22H23N5O/c1-27-15-18(14-25-27)21-10-11-23-13-17(21)4-9-22(28)26-20-5-2-16(3-6-20)12-24-19-7-8-19/h2-6,9-11,13-15,19,24H,7-8,12H2,1H3,(H,26,28). The Morgan fingerprint density at radius 3 is 2.75 bits per heavy atom. The first-order chi connectivity index (χ1) is 13.7. The molecule has 4 rings (SSSR count). The van der Waals surface area contributed by atoms with Crippen LogP contribution in [0.15, 0.2) is 61.2 Å². The van der Waals surface area contributed by atoms with E-state index in [1.165, 1.54) is 24.5 Å². The first-order valence-electron chi connectivity index (χ1n) is 9.42. The average Bonchev–Trinajstić information content (AvgIpc) is 3.45.